The van der Waals surface area contributed by atoms with Gasteiger partial charge in [0.2, 0.25) is 0 Å². The van der Waals surface area contributed by atoms with Crippen molar-refractivity contribution < 1.29 is 4.79 Å². The molecule has 17 heavy (non-hydrogen) atoms. The third-order valence-corrected chi connectivity index (χ3v) is 3.21. The molecule has 0 fully saturated rings. The Kier molecular flexibility index (Phi) is 3.75. The van der Waals surface area contributed by atoms with Crippen LogP contribution in [0.4, 0.5) is 0 Å². The Balaban J connectivity index is 2.39. The number of carbonyl (C=O) groups is 1. The van der Waals surface area contributed by atoms with Crippen molar-refractivity contribution in [1.82, 2.24) is 0 Å². The highest BCUT2D eigenvalue weighted by Gasteiger charge is 2.04. The number of halogens is 1. The first-order valence-corrected chi connectivity index (χ1v) is 6.39. The second-order valence-electron chi connectivity index (χ2n) is 3.86. The zero-order valence-corrected chi connectivity index (χ0v) is 11.2. The SMILES string of the molecule is CCC(=O)c1cccc(-c2ccc(Br)cc2)c1. The fourth-order valence-electron chi connectivity index (χ4n) is 1.72. The second kappa shape index (κ2) is 5.28. The van der Waals surface area contributed by atoms with Crippen LogP contribution in [0.5, 0.6) is 0 Å². The van der Waals surface area contributed by atoms with Gasteiger partial charge in [-0.2, -0.15) is 0 Å². The van der Waals surface area contributed by atoms with Crippen LogP contribution in [-0.4, -0.2) is 5.78 Å². The van der Waals surface area contributed by atoms with E-state index in [1.54, 1.807) is 0 Å². The Morgan fingerprint density at radius 3 is 2.41 bits per heavy atom. The first kappa shape index (κ1) is 12.1. The van der Waals surface area contributed by atoms with E-state index in [1.165, 1.54) is 0 Å². The summed E-state index contributed by atoms with van der Waals surface area (Å²) in [4.78, 5) is 11.6. The second-order valence-corrected chi connectivity index (χ2v) is 4.78. The van der Waals surface area contributed by atoms with Crippen LogP contribution in [0.3, 0.4) is 0 Å². The lowest BCUT2D eigenvalue weighted by Gasteiger charge is -2.04. The summed E-state index contributed by atoms with van der Waals surface area (Å²) in [5.41, 5.74) is 2.99. The minimum absolute atomic E-state index is 0.184. The van der Waals surface area contributed by atoms with Crippen LogP contribution >= 0.6 is 15.9 Å². The Hall–Kier alpha value is -1.41. The van der Waals surface area contributed by atoms with Gasteiger partial charge in [-0.1, -0.05) is 53.2 Å². The van der Waals surface area contributed by atoms with E-state index in [2.05, 4.69) is 15.9 Å². The van der Waals surface area contributed by atoms with E-state index in [0.29, 0.717) is 6.42 Å². The maximum absolute atomic E-state index is 11.6. The summed E-state index contributed by atoms with van der Waals surface area (Å²) < 4.78 is 1.06. The van der Waals surface area contributed by atoms with Crippen LogP contribution in [0.15, 0.2) is 53.0 Å². The summed E-state index contributed by atoms with van der Waals surface area (Å²) in [5, 5.41) is 0. The molecule has 0 aliphatic rings. The summed E-state index contributed by atoms with van der Waals surface area (Å²) in [6.45, 7) is 1.88. The molecule has 0 N–H and O–H groups in total. The number of Topliss-reactive ketones (excluding diaryl/α,β-unsaturated/α-hetero) is 1. The average Bonchev–Trinajstić information content (AvgIpc) is 2.39. The Labute approximate surface area is 110 Å². The quantitative estimate of drug-likeness (QED) is 0.748. The van der Waals surface area contributed by atoms with Crippen molar-refractivity contribution in [3.63, 3.8) is 0 Å². The molecule has 86 valence electrons. The molecule has 0 spiro atoms. The molecule has 0 saturated heterocycles. The van der Waals surface area contributed by atoms with Crippen molar-refractivity contribution in [3.8, 4) is 11.1 Å². The van der Waals surface area contributed by atoms with Gasteiger partial charge in [-0.3, -0.25) is 4.79 Å². The molecule has 0 saturated carbocycles. The Morgan fingerprint density at radius 2 is 1.76 bits per heavy atom. The van der Waals surface area contributed by atoms with Gasteiger partial charge in [-0.15, -0.1) is 0 Å². The van der Waals surface area contributed by atoms with Crippen molar-refractivity contribution >= 4 is 21.7 Å². The highest BCUT2D eigenvalue weighted by Crippen LogP contribution is 2.23. The number of hydrogen-bond acceptors (Lipinski definition) is 1. The molecule has 0 radical (unpaired) electrons. The summed E-state index contributed by atoms with van der Waals surface area (Å²) in [6.07, 6.45) is 0.545. The van der Waals surface area contributed by atoms with Gasteiger partial charge in [0.15, 0.2) is 5.78 Å². The fourth-order valence-corrected chi connectivity index (χ4v) is 1.98. The fraction of sp³-hybridized carbons (Fsp3) is 0.133. The van der Waals surface area contributed by atoms with Gasteiger partial charge in [0, 0.05) is 16.5 Å². The molecule has 0 aliphatic carbocycles. The van der Waals surface area contributed by atoms with Crippen molar-refractivity contribution in [2.75, 3.05) is 0 Å². The Bertz CT molecular complexity index is 529. The molecule has 0 atom stereocenters. The maximum atomic E-state index is 11.6. The summed E-state index contributed by atoms with van der Waals surface area (Å²) in [5.74, 6) is 0.184. The highest BCUT2D eigenvalue weighted by molar-refractivity contribution is 9.10. The minimum Gasteiger partial charge on any atom is -0.294 e. The van der Waals surface area contributed by atoms with Crippen LogP contribution in [0, 0.1) is 0 Å². The van der Waals surface area contributed by atoms with E-state index in [-0.39, 0.29) is 5.78 Å². The number of benzene rings is 2. The van der Waals surface area contributed by atoms with E-state index in [4.69, 9.17) is 0 Å². The molecule has 0 amide bonds. The molecule has 0 heterocycles. The van der Waals surface area contributed by atoms with Crippen LogP contribution in [0.2, 0.25) is 0 Å². The van der Waals surface area contributed by atoms with E-state index in [0.717, 1.165) is 21.2 Å². The van der Waals surface area contributed by atoms with Gasteiger partial charge in [0.1, 0.15) is 0 Å². The van der Waals surface area contributed by atoms with Crippen molar-refractivity contribution in [3.05, 3.63) is 58.6 Å². The van der Waals surface area contributed by atoms with E-state index in [9.17, 15) is 4.79 Å². The molecular weight excluding hydrogens is 276 g/mol. The lowest BCUT2D eigenvalue weighted by molar-refractivity contribution is 0.0988. The topological polar surface area (TPSA) is 17.1 Å². The predicted octanol–water partition coefficient (Wildman–Crippen LogP) is 4.71. The molecule has 2 aromatic carbocycles. The van der Waals surface area contributed by atoms with Crippen LogP contribution < -0.4 is 0 Å². The molecule has 0 aliphatic heterocycles. The normalized spacial score (nSPS) is 10.2. The number of ketones is 1. The third kappa shape index (κ3) is 2.83. The van der Waals surface area contributed by atoms with E-state index >= 15 is 0 Å². The number of hydrogen-bond donors (Lipinski definition) is 0. The van der Waals surface area contributed by atoms with Crippen LogP contribution in [0.25, 0.3) is 11.1 Å². The van der Waals surface area contributed by atoms with Crippen molar-refractivity contribution in [1.29, 1.82) is 0 Å². The lowest BCUT2D eigenvalue weighted by Crippen LogP contribution is -1.96. The zero-order valence-electron chi connectivity index (χ0n) is 9.61. The van der Waals surface area contributed by atoms with Gasteiger partial charge < -0.3 is 0 Å². The Morgan fingerprint density at radius 1 is 1.06 bits per heavy atom. The summed E-state index contributed by atoms with van der Waals surface area (Å²) in [6, 6.07) is 15.9. The summed E-state index contributed by atoms with van der Waals surface area (Å²) >= 11 is 3.41. The molecule has 0 unspecified atom stereocenters. The van der Waals surface area contributed by atoms with Crippen LogP contribution in [0.1, 0.15) is 23.7 Å². The molecule has 0 bridgehead atoms. The smallest absolute Gasteiger partial charge is 0.162 e. The predicted molar refractivity (Wildman–Crippen MR) is 74.2 cm³/mol. The third-order valence-electron chi connectivity index (χ3n) is 2.68. The average molecular weight is 289 g/mol. The van der Waals surface area contributed by atoms with E-state index in [1.807, 2.05) is 55.5 Å². The van der Waals surface area contributed by atoms with E-state index < -0.39 is 0 Å². The number of rotatable bonds is 3. The monoisotopic (exact) mass is 288 g/mol. The molecule has 2 aromatic rings. The minimum atomic E-state index is 0.184. The molecule has 1 nitrogen and oxygen atoms in total. The largest absolute Gasteiger partial charge is 0.294 e. The molecule has 2 rings (SSSR count). The van der Waals surface area contributed by atoms with Gasteiger partial charge in [-0.05, 0) is 29.3 Å². The zero-order chi connectivity index (χ0) is 12.3. The molecular formula is C15H13BrO. The summed E-state index contributed by atoms with van der Waals surface area (Å²) in [7, 11) is 0. The van der Waals surface area contributed by atoms with Gasteiger partial charge >= 0.3 is 0 Å². The molecule has 0 aromatic heterocycles. The first-order chi connectivity index (χ1) is 8.20. The highest BCUT2D eigenvalue weighted by atomic mass is 79.9. The number of carbonyl (C=O) groups excluding carboxylic acids is 1. The first-order valence-electron chi connectivity index (χ1n) is 5.60. The van der Waals surface area contributed by atoms with Gasteiger partial charge in [-0.25, -0.2) is 0 Å². The van der Waals surface area contributed by atoms with Crippen LogP contribution in [-0.2, 0) is 0 Å². The standard InChI is InChI=1S/C15H13BrO/c1-2-15(17)13-5-3-4-12(10-13)11-6-8-14(16)9-7-11/h3-10H,2H2,1H3. The lowest BCUT2D eigenvalue weighted by atomic mass is 10.0. The van der Waals surface area contributed by atoms with Crippen molar-refractivity contribution in [2.24, 2.45) is 0 Å². The maximum Gasteiger partial charge on any atom is 0.162 e. The van der Waals surface area contributed by atoms with Crippen molar-refractivity contribution in [2.45, 2.75) is 13.3 Å². The molecule has 2 heteroatoms. The van der Waals surface area contributed by atoms with Gasteiger partial charge in [0.05, 0.1) is 0 Å². The van der Waals surface area contributed by atoms with Gasteiger partial charge in [0.25, 0.3) is 0 Å².